The number of benzene rings is 1. The van der Waals surface area contributed by atoms with Crippen molar-refractivity contribution in [2.24, 2.45) is 0 Å². The Balaban J connectivity index is 1.85. The predicted octanol–water partition coefficient (Wildman–Crippen LogP) is 4.56. The lowest BCUT2D eigenvalue weighted by Crippen LogP contribution is -2.13. The monoisotopic (exact) mass is 392 g/mol. The number of hydrogen-bond donors (Lipinski definition) is 1. The van der Waals surface area contributed by atoms with Crippen molar-refractivity contribution in [1.82, 2.24) is 15.0 Å². The molecule has 1 aromatic carbocycles. The fourth-order valence-electron chi connectivity index (χ4n) is 2.97. The molecule has 6 nitrogen and oxygen atoms in total. The normalized spacial score (nSPS) is 16.7. The molecule has 0 amide bonds. The zero-order valence-corrected chi connectivity index (χ0v) is 15.0. The number of para-hydroxylation sites is 1. The number of rotatable bonds is 1. The summed E-state index contributed by atoms with van der Waals surface area (Å²) in [5, 5.41) is 4.18. The Kier molecular flexibility index (Phi) is 4.65. The first-order valence-electron chi connectivity index (χ1n) is 8.29. The van der Waals surface area contributed by atoms with Gasteiger partial charge in [-0.05, 0) is 19.1 Å². The molecule has 0 saturated heterocycles. The van der Waals surface area contributed by atoms with E-state index in [0.29, 0.717) is 27.4 Å². The molecule has 140 valence electrons. The van der Waals surface area contributed by atoms with E-state index in [1.807, 2.05) is 6.92 Å². The van der Waals surface area contributed by atoms with Crippen molar-refractivity contribution in [2.75, 3.05) is 18.5 Å². The maximum atomic E-state index is 13.4. The van der Waals surface area contributed by atoms with Gasteiger partial charge in [-0.2, -0.15) is 9.97 Å². The molecule has 1 atom stereocenters. The second-order valence-electron chi connectivity index (χ2n) is 6.01. The maximum Gasteiger partial charge on any atom is 0.319 e. The number of anilines is 1. The first kappa shape index (κ1) is 17.7. The third-order valence-corrected chi connectivity index (χ3v) is 4.43. The van der Waals surface area contributed by atoms with Gasteiger partial charge in [0.05, 0.1) is 23.3 Å². The summed E-state index contributed by atoms with van der Waals surface area (Å²) in [5.74, 6) is 0.630. The van der Waals surface area contributed by atoms with E-state index >= 15 is 0 Å². The number of alkyl halides is 2. The third-order valence-electron chi connectivity index (χ3n) is 4.22. The summed E-state index contributed by atoms with van der Waals surface area (Å²) in [6.45, 7) is 2.03. The van der Waals surface area contributed by atoms with Crippen LogP contribution in [-0.4, -0.2) is 28.2 Å². The van der Waals surface area contributed by atoms with Crippen molar-refractivity contribution in [3.05, 3.63) is 46.7 Å². The Morgan fingerprint density at radius 1 is 1.22 bits per heavy atom. The number of halogens is 3. The average Bonchev–Trinajstić information content (AvgIpc) is 2.67. The second-order valence-corrected chi connectivity index (χ2v) is 6.40. The van der Waals surface area contributed by atoms with Crippen molar-refractivity contribution in [3.8, 4) is 11.8 Å². The zero-order chi connectivity index (χ0) is 19.0. The van der Waals surface area contributed by atoms with E-state index in [-0.39, 0.29) is 36.6 Å². The molecule has 0 unspecified atom stereocenters. The molecule has 2 aromatic heterocycles. The van der Waals surface area contributed by atoms with Crippen LogP contribution >= 0.6 is 11.6 Å². The predicted molar refractivity (Wildman–Crippen MR) is 96.8 cm³/mol. The zero-order valence-electron chi connectivity index (χ0n) is 14.2. The standard InChI is InChI=1S/C18H15ClF2N4O2/c1-9-10-3-2-4-11(16(20)21)15(10)26-5-6-27-18-24-13-8-22-14(19)7-12(13)17(23-9)25-18/h2-4,7-9,16H,5-6H2,1H3,(H,23,24,25)/t9-/m1/s1. The minimum Gasteiger partial charge on any atom is -0.489 e. The first-order valence-corrected chi connectivity index (χ1v) is 8.67. The molecule has 1 aliphatic heterocycles. The average molecular weight is 393 g/mol. The molecule has 9 heteroatoms. The van der Waals surface area contributed by atoms with E-state index in [1.165, 1.54) is 12.3 Å². The van der Waals surface area contributed by atoms with E-state index in [4.69, 9.17) is 21.1 Å². The molecule has 1 aliphatic rings. The molecule has 4 rings (SSSR count). The molecule has 0 saturated carbocycles. The van der Waals surface area contributed by atoms with Crippen LogP contribution < -0.4 is 14.8 Å². The lowest BCUT2D eigenvalue weighted by atomic mass is 10.0. The molecular formula is C18H15ClF2N4O2. The summed E-state index contributed by atoms with van der Waals surface area (Å²) in [6.07, 6.45) is -1.12. The van der Waals surface area contributed by atoms with Crippen molar-refractivity contribution in [2.45, 2.75) is 19.4 Å². The molecule has 1 N–H and O–H groups in total. The second kappa shape index (κ2) is 7.11. The van der Waals surface area contributed by atoms with Crippen LogP contribution in [0.5, 0.6) is 11.8 Å². The molecule has 0 spiro atoms. The topological polar surface area (TPSA) is 69.2 Å². The lowest BCUT2D eigenvalue weighted by molar-refractivity contribution is 0.141. The Morgan fingerprint density at radius 2 is 2.04 bits per heavy atom. The molecule has 0 fully saturated rings. The number of aromatic nitrogens is 3. The first-order chi connectivity index (χ1) is 13.0. The van der Waals surface area contributed by atoms with Gasteiger partial charge >= 0.3 is 6.01 Å². The van der Waals surface area contributed by atoms with E-state index in [1.54, 1.807) is 18.2 Å². The van der Waals surface area contributed by atoms with E-state index < -0.39 is 6.43 Å². The van der Waals surface area contributed by atoms with E-state index in [9.17, 15) is 8.78 Å². The lowest BCUT2D eigenvalue weighted by Gasteiger charge is -2.21. The largest absolute Gasteiger partial charge is 0.489 e. The number of hydrogen-bond acceptors (Lipinski definition) is 6. The molecule has 27 heavy (non-hydrogen) atoms. The van der Waals surface area contributed by atoms with Crippen LogP contribution in [0.4, 0.5) is 14.6 Å². The molecule has 0 radical (unpaired) electrons. The van der Waals surface area contributed by atoms with Gasteiger partial charge in [0.2, 0.25) is 0 Å². The van der Waals surface area contributed by atoms with Crippen LogP contribution in [0.15, 0.2) is 30.5 Å². The summed E-state index contributed by atoms with van der Waals surface area (Å²) < 4.78 is 38.1. The molecule has 0 aliphatic carbocycles. The van der Waals surface area contributed by atoms with E-state index in [0.717, 1.165) is 0 Å². The summed E-state index contributed by atoms with van der Waals surface area (Å²) in [6, 6.07) is 6.11. The van der Waals surface area contributed by atoms with Gasteiger partial charge in [0.1, 0.15) is 29.9 Å². The van der Waals surface area contributed by atoms with Gasteiger partial charge in [0, 0.05) is 10.9 Å². The van der Waals surface area contributed by atoms with Crippen LogP contribution in [0, 0.1) is 0 Å². The van der Waals surface area contributed by atoms with E-state index in [2.05, 4.69) is 20.3 Å². The van der Waals surface area contributed by atoms with Crippen molar-refractivity contribution >= 4 is 28.3 Å². The van der Waals surface area contributed by atoms with Gasteiger partial charge in [-0.1, -0.05) is 23.7 Å². The fraction of sp³-hybridized carbons (Fsp3) is 0.278. The van der Waals surface area contributed by atoms with Crippen LogP contribution in [0.1, 0.15) is 30.5 Å². The van der Waals surface area contributed by atoms with Crippen LogP contribution in [0.25, 0.3) is 10.9 Å². The van der Waals surface area contributed by atoms with Crippen LogP contribution in [0.3, 0.4) is 0 Å². The summed E-state index contributed by atoms with van der Waals surface area (Å²) in [4.78, 5) is 12.7. The maximum absolute atomic E-state index is 13.4. The third kappa shape index (κ3) is 3.44. The van der Waals surface area contributed by atoms with Gasteiger partial charge in [0.15, 0.2) is 0 Å². The Morgan fingerprint density at radius 3 is 2.85 bits per heavy atom. The Labute approximate surface area is 158 Å². The molecule has 3 aromatic rings. The minimum absolute atomic E-state index is 0.0824. The minimum atomic E-state index is -2.65. The van der Waals surface area contributed by atoms with Crippen molar-refractivity contribution in [3.63, 3.8) is 0 Å². The Hall–Kier alpha value is -2.74. The molecule has 2 bridgehead atoms. The van der Waals surface area contributed by atoms with Gasteiger partial charge in [-0.25, -0.2) is 13.8 Å². The van der Waals surface area contributed by atoms with Gasteiger partial charge in [-0.3, -0.25) is 0 Å². The smallest absolute Gasteiger partial charge is 0.319 e. The number of ether oxygens (including phenoxy) is 2. The Bertz CT molecular complexity index is 1000. The number of nitrogens with one attached hydrogen (secondary N) is 1. The summed E-state index contributed by atoms with van der Waals surface area (Å²) in [5.41, 5.74) is 0.999. The van der Waals surface area contributed by atoms with Gasteiger partial charge < -0.3 is 14.8 Å². The number of pyridine rings is 1. The molecular weight excluding hydrogens is 378 g/mol. The quantitative estimate of drug-likeness (QED) is 0.612. The highest BCUT2D eigenvalue weighted by Gasteiger charge is 2.23. The SMILES string of the molecule is C[C@H]1Nc2nc(nc3cnc(Cl)cc23)OCCOc2c(C(F)F)cccc21. The van der Waals surface area contributed by atoms with Crippen LogP contribution in [0.2, 0.25) is 5.15 Å². The highest BCUT2D eigenvalue weighted by Crippen LogP contribution is 2.37. The van der Waals surface area contributed by atoms with Gasteiger partial charge in [0.25, 0.3) is 6.43 Å². The number of fused-ring (bicyclic) bond motifs is 5. The summed E-state index contributed by atoms with van der Waals surface area (Å²) in [7, 11) is 0. The fourth-order valence-corrected chi connectivity index (χ4v) is 3.13. The highest BCUT2D eigenvalue weighted by molar-refractivity contribution is 6.30. The van der Waals surface area contributed by atoms with Gasteiger partial charge in [-0.15, -0.1) is 0 Å². The number of nitrogens with zero attached hydrogens (tertiary/aromatic N) is 3. The van der Waals surface area contributed by atoms with Crippen molar-refractivity contribution in [1.29, 1.82) is 0 Å². The highest BCUT2D eigenvalue weighted by atomic mass is 35.5. The van der Waals surface area contributed by atoms with Crippen LogP contribution in [-0.2, 0) is 0 Å². The molecule has 3 heterocycles. The summed E-state index contributed by atoms with van der Waals surface area (Å²) >= 11 is 6.01. The van der Waals surface area contributed by atoms with Crippen molar-refractivity contribution < 1.29 is 18.3 Å².